The number of anilines is 3. The Kier molecular flexibility index (Phi) is 2.95. The molecule has 0 radical (unpaired) electrons. The lowest BCUT2D eigenvalue weighted by Crippen LogP contribution is -2.30. The summed E-state index contributed by atoms with van der Waals surface area (Å²) in [5, 5.41) is 0. The lowest BCUT2D eigenvalue weighted by atomic mass is 10.0. The molecule has 1 aromatic carbocycles. The highest BCUT2D eigenvalue weighted by Crippen LogP contribution is 2.34. The van der Waals surface area contributed by atoms with Crippen LogP contribution in [0.1, 0.15) is 30.4 Å². The minimum absolute atomic E-state index is 0.832. The van der Waals surface area contributed by atoms with Crippen LogP contribution in [0, 0.1) is 13.8 Å². The Balaban J connectivity index is 2.40. The van der Waals surface area contributed by atoms with E-state index in [9.17, 15) is 0 Å². The first-order valence-corrected chi connectivity index (χ1v) is 6.01. The van der Waals surface area contributed by atoms with Gasteiger partial charge in [-0.1, -0.05) is 0 Å². The van der Waals surface area contributed by atoms with Crippen LogP contribution in [0.5, 0.6) is 0 Å². The second kappa shape index (κ2) is 4.24. The van der Waals surface area contributed by atoms with Gasteiger partial charge in [-0.05, 0) is 50.3 Å². The maximum absolute atomic E-state index is 6.16. The van der Waals surface area contributed by atoms with E-state index >= 15 is 0 Å². The third-order valence-corrected chi connectivity index (χ3v) is 3.56. The zero-order valence-electron chi connectivity index (χ0n) is 10.2. The first-order chi connectivity index (χ1) is 7.61. The molecule has 0 amide bonds. The molecule has 3 heteroatoms. The fourth-order valence-corrected chi connectivity index (χ4v) is 2.39. The number of rotatable bonds is 1. The van der Waals surface area contributed by atoms with Crippen LogP contribution < -0.4 is 16.4 Å². The van der Waals surface area contributed by atoms with Crippen molar-refractivity contribution in [3.05, 3.63) is 17.2 Å². The Bertz CT molecular complexity index is 393. The zero-order chi connectivity index (χ0) is 11.7. The second-order valence-corrected chi connectivity index (χ2v) is 4.71. The van der Waals surface area contributed by atoms with Crippen molar-refractivity contribution in [3.63, 3.8) is 0 Å². The molecule has 4 N–H and O–H groups in total. The van der Waals surface area contributed by atoms with Crippen LogP contribution in [-0.2, 0) is 0 Å². The predicted octanol–water partition coefficient (Wildman–Crippen LogP) is 2.46. The number of nitrogen functional groups attached to an aromatic ring is 2. The predicted molar refractivity (Wildman–Crippen MR) is 70.8 cm³/mol. The highest BCUT2D eigenvalue weighted by Gasteiger charge is 2.16. The maximum Gasteiger partial charge on any atom is 0.0606 e. The molecule has 1 fully saturated rings. The molecule has 0 unspecified atom stereocenters. The molecule has 0 spiro atoms. The van der Waals surface area contributed by atoms with E-state index in [2.05, 4.69) is 17.9 Å². The van der Waals surface area contributed by atoms with Crippen LogP contribution in [-0.4, -0.2) is 13.1 Å². The Labute approximate surface area is 97.4 Å². The number of benzene rings is 1. The topological polar surface area (TPSA) is 55.3 Å². The molecule has 88 valence electrons. The van der Waals surface area contributed by atoms with Crippen LogP contribution in [0.4, 0.5) is 17.1 Å². The molecule has 0 bridgehead atoms. The van der Waals surface area contributed by atoms with E-state index in [0.717, 1.165) is 35.6 Å². The average Bonchev–Trinajstić information content (AvgIpc) is 2.32. The molecular formula is C13H21N3. The van der Waals surface area contributed by atoms with Crippen molar-refractivity contribution in [2.45, 2.75) is 33.1 Å². The third-order valence-electron chi connectivity index (χ3n) is 3.56. The van der Waals surface area contributed by atoms with Crippen molar-refractivity contribution in [3.8, 4) is 0 Å². The fraction of sp³-hybridized carbons (Fsp3) is 0.538. The number of nitrogens with two attached hydrogens (primary N) is 2. The highest BCUT2D eigenvalue weighted by atomic mass is 15.1. The van der Waals surface area contributed by atoms with Gasteiger partial charge in [0.1, 0.15) is 0 Å². The van der Waals surface area contributed by atoms with Gasteiger partial charge in [0.05, 0.1) is 11.4 Å². The maximum atomic E-state index is 6.16. The SMILES string of the molecule is Cc1cc(N2CCCCC2)c(N)c(C)c1N. The van der Waals surface area contributed by atoms with E-state index < -0.39 is 0 Å². The van der Waals surface area contributed by atoms with Gasteiger partial charge in [0.15, 0.2) is 0 Å². The van der Waals surface area contributed by atoms with Gasteiger partial charge in [0.25, 0.3) is 0 Å². The van der Waals surface area contributed by atoms with Crippen LogP contribution in [0.2, 0.25) is 0 Å². The van der Waals surface area contributed by atoms with E-state index in [1.807, 2.05) is 6.92 Å². The summed E-state index contributed by atoms with van der Waals surface area (Å²) in [6, 6.07) is 2.13. The molecule has 3 nitrogen and oxygen atoms in total. The molecule has 0 saturated carbocycles. The van der Waals surface area contributed by atoms with Gasteiger partial charge >= 0.3 is 0 Å². The van der Waals surface area contributed by atoms with Crippen LogP contribution in [0.3, 0.4) is 0 Å². The van der Waals surface area contributed by atoms with E-state index in [4.69, 9.17) is 11.5 Å². The van der Waals surface area contributed by atoms with Crippen LogP contribution in [0.25, 0.3) is 0 Å². The summed E-state index contributed by atoms with van der Waals surface area (Å²) < 4.78 is 0. The average molecular weight is 219 g/mol. The molecule has 1 aromatic rings. The Morgan fingerprint density at radius 3 is 2.25 bits per heavy atom. The molecule has 0 atom stereocenters. The smallest absolute Gasteiger partial charge is 0.0606 e. The number of nitrogens with zero attached hydrogens (tertiary/aromatic N) is 1. The Morgan fingerprint density at radius 1 is 1.00 bits per heavy atom. The number of hydrogen-bond acceptors (Lipinski definition) is 3. The standard InChI is InChI=1S/C13H21N3/c1-9-8-11(13(15)10(2)12(9)14)16-6-4-3-5-7-16/h8H,3-7,14-15H2,1-2H3. The summed E-state index contributed by atoms with van der Waals surface area (Å²) >= 11 is 0. The van der Waals surface area contributed by atoms with Crippen molar-refractivity contribution in [2.75, 3.05) is 29.5 Å². The van der Waals surface area contributed by atoms with E-state index in [1.165, 1.54) is 24.9 Å². The third kappa shape index (κ3) is 1.82. The van der Waals surface area contributed by atoms with Crippen molar-refractivity contribution in [1.29, 1.82) is 0 Å². The summed E-state index contributed by atoms with van der Waals surface area (Å²) in [5.41, 5.74) is 17.2. The molecule has 1 aliphatic heterocycles. The minimum atomic E-state index is 0.832. The summed E-state index contributed by atoms with van der Waals surface area (Å²) in [4.78, 5) is 2.39. The van der Waals surface area contributed by atoms with Gasteiger partial charge in [-0.3, -0.25) is 0 Å². The number of hydrogen-bond donors (Lipinski definition) is 2. The molecule has 1 saturated heterocycles. The van der Waals surface area contributed by atoms with E-state index in [-0.39, 0.29) is 0 Å². The molecule has 2 rings (SSSR count). The van der Waals surface area contributed by atoms with Gasteiger partial charge in [-0.15, -0.1) is 0 Å². The van der Waals surface area contributed by atoms with Gasteiger partial charge in [0.2, 0.25) is 0 Å². The molecule has 16 heavy (non-hydrogen) atoms. The Hall–Kier alpha value is -1.38. The quantitative estimate of drug-likeness (QED) is 0.713. The summed E-state index contributed by atoms with van der Waals surface area (Å²) in [6.45, 7) is 6.29. The fourth-order valence-electron chi connectivity index (χ4n) is 2.39. The zero-order valence-corrected chi connectivity index (χ0v) is 10.2. The molecular weight excluding hydrogens is 198 g/mol. The van der Waals surface area contributed by atoms with Crippen molar-refractivity contribution in [1.82, 2.24) is 0 Å². The summed E-state index contributed by atoms with van der Waals surface area (Å²) in [6.07, 6.45) is 3.87. The Morgan fingerprint density at radius 2 is 1.62 bits per heavy atom. The number of aryl methyl sites for hydroxylation is 1. The summed E-state index contributed by atoms with van der Waals surface area (Å²) in [5.74, 6) is 0. The molecule has 1 heterocycles. The first kappa shape index (κ1) is 11.1. The van der Waals surface area contributed by atoms with Crippen molar-refractivity contribution in [2.24, 2.45) is 0 Å². The monoisotopic (exact) mass is 219 g/mol. The highest BCUT2D eigenvalue weighted by molar-refractivity contribution is 5.79. The minimum Gasteiger partial charge on any atom is -0.398 e. The normalized spacial score (nSPS) is 16.5. The second-order valence-electron chi connectivity index (χ2n) is 4.71. The first-order valence-electron chi connectivity index (χ1n) is 6.01. The molecule has 1 aliphatic rings. The van der Waals surface area contributed by atoms with Gasteiger partial charge in [0, 0.05) is 18.8 Å². The van der Waals surface area contributed by atoms with Gasteiger partial charge in [-0.25, -0.2) is 0 Å². The van der Waals surface area contributed by atoms with Gasteiger partial charge in [-0.2, -0.15) is 0 Å². The number of piperidine rings is 1. The lowest BCUT2D eigenvalue weighted by molar-refractivity contribution is 0.578. The molecule has 0 aromatic heterocycles. The van der Waals surface area contributed by atoms with E-state index in [0.29, 0.717) is 0 Å². The van der Waals surface area contributed by atoms with Crippen molar-refractivity contribution < 1.29 is 0 Å². The molecule has 0 aliphatic carbocycles. The van der Waals surface area contributed by atoms with E-state index in [1.54, 1.807) is 0 Å². The van der Waals surface area contributed by atoms with Crippen LogP contribution >= 0.6 is 0 Å². The van der Waals surface area contributed by atoms with Crippen molar-refractivity contribution >= 4 is 17.1 Å². The summed E-state index contributed by atoms with van der Waals surface area (Å²) in [7, 11) is 0. The lowest BCUT2D eigenvalue weighted by Gasteiger charge is -2.31. The largest absolute Gasteiger partial charge is 0.398 e. The van der Waals surface area contributed by atoms with Crippen LogP contribution in [0.15, 0.2) is 6.07 Å². The van der Waals surface area contributed by atoms with Gasteiger partial charge < -0.3 is 16.4 Å².